The largest absolute Gasteiger partial charge is 0.344 e. The molecule has 0 fully saturated rings. The zero-order valence-electron chi connectivity index (χ0n) is 11.4. The maximum Gasteiger partial charge on any atom is 0.314 e. The highest BCUT2D eigenvalue weighted by molar-refractivity contribution is 6.39. The Morgan fingerprint density at radius 1 is 1.10 bits per heavy atom. The first-order valence-electron chi connectivity index (χ1n) is 6.31. The predicted octanol–water partition coefficient (Wildman–Crippen LogP) is 1.78. The van der Waals surface area contributed by atoms with Crippen molar-refractivity contribution in [1.29, 1.82) is 0 Å². The fourth-order valence-corrected chi connectivity index (χ4v) is 1.58. The third kappa shape index (κ3) is 4.38. The first kappa shape index (κ1) is 14.6. The molecule has 0 radical (unpaired) electrons. The van der Waals surface area contributed by atoms with Crippen LogP contribution < -0.4 is 10.6 Å². The Labute approximate surface area is 121 Å². The normalized spacial score (nSPS) is 10.0. The molecule has 108 valence electrons. The zero-order chi connectivity index (χ0) is 15.2. The number of rotatable bonds is 3. The highest BCUT2D eigenvalue weighted by atomic mass is 19.1. The number of carbonyl (C=O) groups is 2. The number of halogens is 1. The van der Waals surface area contributed by atoms with E-state index in [1.165, 1.54) is 24.3 Å². The minimum Gasteiger partial charge on any atom is -0.344 e. The first-order valence-corrected chi connectivity index (χ1v) is 6.31. The summed E-state index contributed by atoms with van der Waals surface area (Å²) in [5.74, 6) is -1.62. The molecule has 0 atom stereocenters. The van der Waals surface area contributed by atoms with Crippen molar-refractivity contribution in [2.75, 3.05) is 5.32 Å². The van der Waals surface area contributed by atoms with E-state index >= 15 is 0 Å². The number of nitrogens with one attached hydrogen (secondary N) is 2. The summed E-state index contributed by atoms with van der Waals surface area (Å²) in [5.41, 5.74) is 1.65. The van der Waals surface area contributed by atoms with Crippen molar-refractivity contribution in [3.05, 3.63) is 59.5 Å². The minimum absolute atomic E-state index is 0.147. The lowest BCUT2D eigenvalue weighted by atomic mass is 10.2. The Bertz CT molecular complexity index is 639. The molecule has 1 heterocycles. The van der Waals surface area contributed by atoms with Gasteiger partial charge in [0.25, 0.3) is 0 Å². The molecule has 0 aliphatic heterocycles. The van der Waals surface area contributed by atoms with Gasteiger partial charge in [0.15, 0.2) is 0 Å². The number of anilines is 1. The van der Waals surface area contributed by atoms with Crippen LogP contribution in [-0.4, -0.2) is 16.8 Å². The molecule has 2 aromatic rings. The van der Waals surface area contributed by atoms with Crippen molar-refractivity contribution < 1.29 is 14.0 Å². The molecule has 0 saturated heterocycles. The summed E-state index contributed by atoms with van der Waals surface area (Å²) in [6, 6.07) is 9.04. The summed E-state index contributed by atoms with van der Waals surface area (Å²) in [6.07, 6.45) is 1.59. The molecule has 2 rings (SSSR count). The third-order valence-corrected chi connectivity index (χ3v) is 2.73. The van der Waals surface area contributed by atoms with Crippen LogP contribution in [0.3, 0.4) is 0 Å². The summed E-state index contributed by atoms with van der Waals surface area (Å²) in [4.78, 5) is 27.3. The number of carbonyl (C=O) groups excluding carboxylic acids is 2. The lowest BCUT2D eigenvalue weighted by molar-refractivity contribution is -0.136. The monoisotopic (exact) mass is 287 g/mol. The van der Waals surface area contributed by atoms with Crippen molar-refractivity contribution in [2.45, 2.75) is 13.5 Å². The number of nitrogens with zero attached hydrogens (tertiary/aromatic N) is 1. The van der Waals surface area contributed by atoms with Crippen LogP contribution >= 0.6 is 0 Å². The molecule has 5 nitrogen and oxygen atoms in total. The van der Waals surface area contributed by atoms with Gasteiger partial charge in [-0.2, -0.15) is 0 Å². The van der Waals surface area contributed by atoms with Crippen molar-refractivity contribution in [2.24, 2.45) is 0 Å². The van der Waals surface area contributed by atoms with E-state index < -0.39 is 11.8 Å². The molecule has 2 N–H and O–H groups in total. The summed E-state index contributed by atoms with van der Waals surface area (Å²) in [7, 11) is 0. The number of pyridine rings is 1. The second kappa shape index (κ2) is 6.60. The second-order valence-corrected chi connectivity index (χ2v) is 4.48. The summed E-state index contributed by atoms with van der Waals surface area (Å²) < 4.78 is 12.7. The van der Waals surface area contributed by atoms with Gasteiger partial charge in [-0.15, -0.1) is 0 Å². The molecule has 0 unspecified atom stereocenters. The molecule has 1 aromatic heterocycles. The molecule has 0 aliphatic rings. The molecule has 6 heteroatoms. The predicted molar refractivity (Wildman–Crippen MR) is 75.9 cm³/mol. The van der Waals surface area contributed by atoms with Crippen molar-refractivity contribution >= 4 is 17.6 Å². The fraction of sp³-hybridized carbons (Fsp3) is 0.133. The van der Waals surface area contributed by atoms with Crippen molar-refractivity contribution in [3.8, 4) is 0 Å². The average molecular weight is 287 g/mol. The Morgan fingerprint density at radius 3 is 2.43 bits per heavy atom. The number of hydrogen-bond acceptors (Lipinski definition) is 3. The van der Waals surface area contributed by atoms with E-state index in [1.54, 1.807) is 18.3 Å². The van der Waals surface area contributed by atoms with Crippen molar-refractivity contribution in [1.82, 2.24) is 10.3 Å². The lowest BCUT2D eigenvalue weighted by Gasteiger charge is -2.06. The molecule has 21 heavy (non-hydrogen) atoms. The summed E-state index contributed by atoms with van der Waals surface area (Å²) in [6.45, 7) is 2.02. The Hall–Kier alpha value is -2.76. The van der Waals surface area contributed by atoms with Gasteiger partial charge in [-0.25, -0.2) is 9.37 Å². The topological polar surface area (TPSA) is 71.1 Å². The van der Waals surface area contributed by atoms with Crippen LogP contribution in [0.2, 0.25) is 0 Å². The Balaban J connectivity index is 1.86. The van der Waals surface area contributed by atoms with E-state index in [4.69, 9.17) is 0 Å². The van der Waals surface area contributed by atoms with E-state index in [9.17, 15) is 14.0 Å². The summed E-state index contributed by atoms with van der Waals surface area (Å²) in [5, 5.41) is 4.84. The van der Waals surface area contributed by atoms with E-state index in [-0.39, 0.29) is 12.4 Å². The molecule has 0 spiro atoms. The van der Waals surface area contributed by atoms with Crippen LogP contribution in [0.4, 0.5) is 10.2 Å². The molecular weight excluding hydrogens is 273 g/mol. The number of aryl methyl sites for hydroxylation is 1. The maximum absolute atomic E-state index is 12.7. The highest BCUT2D eigenvalue weighted by Crippen LogP contribution is 2.04. The second-order valence-electron chi connectivity index (χ2n) is 4.48. The van der Waals surface area contributed by atoms with Crippen LogP contribution in [0.15, 0.2) is 42.6 Å². The van der Waals surface area contributed by atoms with Gasteiger partial charge in [0, 0.05) is 12.7 Å². The van der Waals surface area contributed by atoms with Gasteiger partial charge in [-0.3, -0.25) is 9.59 Å². The fourth-order valence-electron chi connectivity index (χ4n) is 1.58. The molecule has 1 aromatic carbocycles. The average Bonchev–Trinajstić information content (AvgIpc) is 2.48. The van der Waals surface area contributed by atoms with Gasteiger partial charge in [-0.05, 0) is 36.2 Å². The van der Waals surface area contributed by atoms with Crippen LogP contribution in [0, 0.1) is 12.7 Å². The molecular formula is C15H14FN3O2. The standard InChI is InChI=1S/C15H14FN3O2/c1-10-2-7-13(17-8-10)19-15(21)14(20)18-9-11-3-5-12(16)6-4-11/h2-8H,9H2,1H3,(H,18,20)(H,17,19,21). The molecule has 2 amide bonds. The van der Waals surface area contributed by atoms with Gasteiger partial charge in [-0.1, -0.05) is 18.2 Å². The van der Waals surface area contributed by atoms with Crippen LogP contribution in [0.5, 0.6) is 0 Å². The maximum atomic E-state index is 12.7. The highest BCUT2D eigenvalue weighted by Gasteiger charge is 2.13. The first-order chi connectivity index (χ1) is 10.0. The Morgan fingerprint density at radius 2 is 1.81 bits per heavy atom. The van der Waals surface area contributed by atoms with Gasteiger partial charge in [0.05, 0.1) is 0 Å². The molecule has 0 bridgehead atoms. The Kier molecular flexibility index (Phi) is 4.61. The van der Waals surface area contributed by atoms with Crippen LogP contribution in [-0.2, 0) is 16.1 Å². The third-order valence-electron chi connectivity index (χ3n) is 2.73. The van der Waals surface area contributed by atoms with Crippen LogP contribution in [0.1, 0.15) is 11.1 Å². The molecule has 0 saturated carbocycles. The number of amides is 2. The zero-order valence-corrected chi connectivity index (χ0v) is 11.4. The van der Waals surface area contributed by atoms with Crippen molar-refractivity contribution in [3.63, 3.8) is 0 Å². The quantitative estimate of drug-likeness (QED) is 0.845. The SMILES string of the molecule is Cc1ccc(NC(=O)C(=O)NCc2ccc(F)cc2)nc1. The smallest absolute Gasteiger partial charge is 0.314 e. The number of hydrogen-bond donors (Lipinski definition) is 2. The van der Waals surface area contributed by atoms with E-state index in [1.807, 2.05) is 6.92 Å². The van der Waals surface area contributed by atoms with Gasteiger partial charge in [0.1, 0.15) is 11.6 Å². The van der Waals surface area contributed by atoms with Gasteiger partial charge >= 0.3 is 11.8 Å². The van der Waals surface area contributed by atoms with E-state index in [0.717, 1.165) is 5.56 Å². The lowest BCUT2D eigenvalue weighted by Crippen LogP contribution is -2.35. The van der Waals surface area contributed by atoms with E-state index in [2.05, 4.69) is 15.6 Å². The van der Waals surface area contributed by atoms with Gasteiger partial charge in [0.2, 0.25) is 0 Å². The summed E-state index contributed by atoms with van der Waals surface area (Å²) >= 11 is 0. The molecule has 0 aliphatic carbocycles. The number of benzene rings is 1. The van der Waals surface area contributed by atoms with Crippen LogP contribution in [0.25, 0.3) is 0 Å². The number of aromatic nitrogens is 1. The minimum atomic E-state index is -0.798. The van der Waals surface area contributed by atoms with E-state index in [0.29, 0.717) is 11.4 Å². The van der Waals surface area contributed by atoms with Gasteiger partial charge < -0.3 is 10.6 Å².